The lowest BCUT2D eigenvalue weighted by molar-refractivity contribution is 0.133. The highest BCUT2D eigenvalue weighted by molar-refractivity contribution is 5.57. The van der Waals surface area contributed by atoms with Crippen LogP contribution in [0.3, 0.4) is 0 Å². The van der Waals surface area contributed by atoms with E-state index in [9.17, 15) is 10.4 Å². The van der Waals surface area contributed by atoms with Gasteiger partial charge in [-0.3, -0.25) is 0 Å². The smallest absolute Gasteiger partial charge is 0.146 e. The van der Waals surface area contributed by atoms with E-state index < -0.39 is 0 Å². The monoisotopic (exact) mass is 243 g/mol. The van der Waals surface area contributed by atoms with Gasteiger partial charge in [-0.05, 0) is 37.3 Å². The number of aliphatic hydroxyl groups excluding tert-OH is 1. The average molecular weight is 243 g/mol. The molecule has 1 N–H and O–H groups in total. The summed E-state index contributed by atoms with van der Waals surface area (Å²) < 4.78 is 0. The Labute approximate surface area is 107 Å². The quantitative estimate of drug-likeness (QED) is 0.811. The lowest BCUT2D eigenvalue weighted by Gasteiger charge is -2.21. The fourth-order valence-corrected chi connectivity index (χ4v) is 3.33. The predicted molar refractivity (Wildman–Crippen MR) is 68.1 cm³/mol. The molecule has 1 aromatic rings. The van der Waals surface area contributed by atoms with Gasteiger partial charge >= 0.3 is 0 Å². The Morgan fingerprint density at radius 1 is 1.44 bits per heavy atom. The minimum Gasteiger partial charge on any atom is -0.393 e. The molecule has 1 saturated heterocycles. The van der Waals surface area contributed by atoms with Crippen LogP contribution in [0.4, 0.5) is 5.82 Å². The molecule has 0 spiro atoms. The molecule has 1 aliphatic heterocycles. The van der Waals surface area contributed by atoms with Crippen molar-refractivity contribution >= 4 is 5.82 Å². The molecule has 3 unspecified atom stereocenters. The number of hydrogen-bond acceptors (Lipinski definition) is 4. The second kappa shape index (κ2) is 4.25. The highest BCUT2D eigenvalue weighted by Gasteiger charge is 2.42. The number of rotatable bonds is 1. The van der Waals surface area contributed by atoms with E-state index >= 15 is 0 Å². The number of aryl methyl sites for hydroxylation is 1. The first-order valence-corrected chi connectivity index (χ1v) is 6.49. The molecule has 4 nitrogen and oxygen atoms in total. The molecule has 4 heteroatoms. The summed E-state index contributed by atoms with van der Waals surface area (Å²) in [4.78, 5) is 6.54. The molecule has 3 rings (SSSR count). The largest absolute Gasteiger partial charge is 0.393 e. The van der Waals surface area contributed by atoms with Gasteiger partial charge in [0.05, 0.1) is 11.7 Å². The van der Waals surface area contributed by atoms with Crippen LogP contribution in [0.2, 0.25) is 0 Å². The lowest BCUT2D eigenvalue weighted by atomic mass is 10.00. The summed E-state index contributed by atoms with van der Waals surface area (Å²) in [5.74, 6) is 1.71. The molecule has 0 amide bonds. The summed E-state index contributed by atoms with van der Waals surface area (Å²) in [5.41, 5.74) is 1.65. The van der Waals surface area contributed by atoms with Crippen molar-refractivity contribution in [3.63, 3.8) is 0 Å². The minimum atomic E-state index is -0.171. The Hall–Kier alpha value is -1.60. The van der Waals surface area contributed by atoms with E-state index in [1.807, 2.05) is 13.0 Å². The molecular weight excluding hydrogens is 226 g/mol. The van der Waals surface area contributed by atoms with Crippen molar-refractivity contribution in [3.8, 4) is 6.07 Å². The molecule has 1 aliphatic carbocycles. The van der Waals surface area contributed by atoms with Gasteiger partial charge in [-0.1, -0.05) is 0 Å². The van der Waals surface area contributed by atoms with Gasteiger partial charge in [-0.25, -0.2) is 4.98 Å². The third-order valence-electron chi connectivity index (χ3n) is 4.37. The van der Waals surface area contributed by atoms with Crippen LogP contribution in [0.5, 0.6) is 0 Å². The lowest BCUT2D eigenvalue weighted by Crippen LogP contribution is -2.26. The summed E-state index contributed by atoms with van der Waals surface area (Å²) in [6, 6.07) is 4.12. The molecule has 2 aliphatic rings. The second-order valence-electron chi connectivity index (χ2n) is 5.41. The molecule has 3 atom stereocenters. The van der Waals surface area contributed by atoms with Gasteiger partial charge in [0, 0.05) is 25.2 Å². The van der Waals surface area contributed by atoms with Crippen LogP contribution in [-0.2, 0) is 0 Å². The van der Waals surface area contributed by atoms with E-state index in [0.29, 0.717) is 17.4 Å². The number of nitriles is 1. The zero-order chi connectivity index (χ0) is 12.7. The standard InChI is InChI=1S/C14H17N3O/c1-9-4-5-16-14(11(9)6-15)17-7-10-2-3-13(18)12(10)8-17/h4-5,10,12-13,18H,2-3,7-8H2,1H3. The zero-order valence-electron chi connectivity index (χ0n) is 10.5. The maximum Gasteiger partial charge on any atom is 0.146 e. The van der Waals surface area contributed by atoms with Gasteiger partial charge in [0.1, 0.15) is 11.9 Å². The number of hydrogen-bond donors (Lipinski definition) is 1. The maximum absolute atomic E-state index is 9.93. The van der Waals surface area contributed by atoms with Crippen molar-refractivity contribution in [2.45, 2.75) is 25.9 Å². The first-order valence-electron chi connectivity index (χ1n) is 6.49. The van der Waals surface area contributed by atoms with E-state index in [4.69, 9.17) is 0 Å². The second-order valence-corrected chi connectivity index (χ2v) is 5.41. The van der Waals surface area contributed by atoms with E-state index in [2.05, 4.69) is 16.0 Å². The fourth-order valence-electron chi connectivity index (χ4n) is 3.33. The summed E-state index contributed by atoms with van der Waals surface area (Å²) in [6.45, 7) is 3.69. The van der Waals surface area contributed by atoms with Crippen molar-refractivity contribution in [2.75, 3.05) is 18.0 Å². The highest BCUT2D eigenvalue weighted by atomic mass is 16.3. The van der Waals surface area contributed by atoms with Crippen LogP contribution >= 0.6 is 0 Å². The van der Waals surface area contributed by atoms with E-state index in [1.165, 1.54) is 0 Å². The summed E-state index contributed by atoms with van der Waals surface area (Å²) in [6.07, 6.45) is 3.61. The van der Waals surface area contributed by atoms with E-state index in [1.54, 1.807) is 6.20 Å². The number of aromatic nitrogens is 1. The normalized spacial score (nSPS) is 30.3. The first kappa shape index (κ1) is 11.5. The Morgan fingerprint density at radius 3 is 3.00 bits per heavy atom. The SMILES string of the molecule is Cc1ccnc(N2CC3CCC(O)C3C2)c1C#N. The predicted octanol–water partition coefficient (Wildman–Crippen LogP) is 1.47. The minimum absolute atomic E-state index is 0.171. The van der Waals surface area contributed by atoms with Crippen LogP contribution in [0.25, 0.3) is 0 Å². The first-order chi connectivity index (χ1) is 8.70. The molecule has 0 bridgehead atoms. The van der Waals surface area contributed by atoms with Crippen molar-refractivity contribution < 1.29 is 5.11 Å². The third kappa shape index (κ3) is 1.67. The number of aliphatic hydroxyl groups is 1. The Bertz CT molecular complexity index is 508. The molecular formula is C14H17N3O. The number of anilines is 1. The van der Waals surface area contributed by atoms with Gasteiger partial charge in [0.2, 0.25) is 0 Å². The summed E-state index contributed by atoms with van der Waals surface area (Å²) >= 11 is 0. The number of fused-ring (bicyclic) bond motifs is 1. The van der Waals surface area contributed by atoms with Gasteiger partial charge < -0.3 is 10.0 Å². The Morgan fingerprint density at radius 2 is 2.28 bits per heavy atom. The van der Waals surface area contributed by atoms with Crippen LogP contribution < -0.4 is 4.90 Å². The zero-order valence-corrected chi connectivity index (χ0v) is 10.5. The van der Waals surface area contributed by atoms with Gasteiger partial charge in [0.15, 0.2) is 0 Å². The maximum atomic E-state index is 9.93. The van der Waals surface area contributed by atoms with E-state index in [-0.39, 0.29) is 6.10 Å². The molecule has 1 aromatic heterocycles. The Kier molecular flexibility index (Phi) is 2.71. The Balaban J connectivity index is 1.90. The van der Waals surface area contributed by atoms with Gasteiger partial charge in [-0.15, -0.1) is 0 Å². The molecule has 2 heterocycles. The number of pyridine rings is 1. The highest BCUT2D eigenvalue weighted by Crippen LogP contribution is 2.40. The molecule has 2 fully saturated rings. The molecule has 0 aromatic carbocycles. The van der Waals surface area contributed by atoms with Gasteiger partial charge in [0.25, 0.3) is 0 Å². The van der Waals surface area contributed by atoms with Crippen LogP contribution in [0.1, 0.15) is 24.0 Å². The molecule has 18 heavy (non-hydrogen) atoms. The van der Waals surface area contributed by atoms with Gasteiger partial charge in [-0.2, -0.15) is 5.26 Å². The molecule has 0 radical (unpaired) electrons. The fraction of sp³-hybridized carbons (Fsp3) is 0.571. The topological polar surface area (TPSA) is 60.1 Å². The average Bonchev–Trinajstić information content (AvgIpc) is 2.92. The van der Waals surface area contributed by atoms with Crippen molar-refractivity contribution in [2.24, 2.45) is 11.8 Å². The van der Waals surface area contributed by atoms with Crippen LogP contribution in [-0.4, -0.2) is 29.3 Å². The van der Waals surface area contributed by atoms with Crippen LogP contribution in [0.15, 0.2) is 12.3 Å². The molecule has 1 saturated carbocycles. The number of nitrogens with zero attached hydrogens (tertiary/aromatic N) is 3. The molecule has 94 valence electrons. The van der Waals surface area contributed by atoms with Crippen molar-refractivity contribution in [1.29, 1.82) is 5.26 Å². The summed E-state index contributed by atoms with van der Waals surface area (Å²) in [5, 5.41) is 19.2. The van der Waals surface area contributed by atoms with E-state index in [0.717, 1.165) is 37.3 Å². The third-order valence-corrected chi connectivity index (χ3v) is 4.37. The van der Waals surface area contributed by atoms with Crippen molar-refractivity contribution in [1.82, 2.24) is 4.98 Å². The van der Waals surface area contributed by atoms with Crippen molar-refractivity contribution in [3.05, 3.63) is 23.4 Å². The van der Waals surface area contributed by atoms with Crippen LogP contribution in [0, 0.1) is 30.1 Å². The summed E-state index contributed by atoms with van der Waals surface area (Å²) in [7, 11) is 0.